The molecule has 0 amide bonds. The van der Waals surface area contributed by atoms with Gasteiger partial charge in [0.2, 0.25) is 0 Å². The van der Waals surface area contributed by atoms with Crippen molar-refractivity contribution in [3.05, 3.63) is 34.9 Å². The summed E-state index contributed by atoms with van der Waals surface area (Å²) in [5.74, 6) is 2.12. The zero-order valence-electron chi connectivity index (χ0n) is 10.4. The van der Waals surface area contributed by atoms with Gasteiger partial charge >= 0.3 is 0 Å². The highest BCUT2D eigenvalue weighted by atomic mass is 35.5. The number of halogens is 1. The quantitative estimate of drug-likeness (QED) is 0.748. The lowest BCUT2D eigenvalue weighted by Crippen LogP contribution is -2.24. The van der Waals surface area contributed by atoms with Crippen molar-refractivity contribution < 1.29 is 8.42 Å². The van der Waals surface area contributed by atoms with E-state index in [-0.39, 0.29) is 5.75 Å². The highest BCUT2D eigenvalue weighted by Crippen LogP contribution is 2.14. The van der Waals surface area contributed by atoms with Crippen molar-refractivity contribution in [1.29, 1.82) is 0 Å². The van der Waals surface area contributed by atoms with Crippen molar-refractivity contribution in [3.8, 4) is 0 Å². The fourth-order valence-electron chi connectivity index (χ4n) is 1.30. The molecule has 0 aliphatic rings. The number of benzene rings is 1. The summed E-state index contributed by atoms with van der Waals surface area (Å²) in [6, 6.07) is 7.82. The monoisotopic (exact) mass is 307 g/mol. The Morgan fingerprint density at radius 2 is 1.89 bits per heavy atom. The van der Waals surface area contributed by atoms with Gasteiger partial charge in [-0.05, 0) is 17.7 Å². The maximum atomic E-state index is 10.9. The summed E-state index contributed by atoms with van der Waals surface area (Å²) in [5.41, 5.74) is 1.25. The number of hydrogen-bond acceptors (Lipinski definition) is 4. The van der Waals surface area contributed by atoms with E-state index in [4.69, 9.17) is 11.6 Å². The second-order valence-corrected chi connectivity index (χ2v) is 7.86. The van der Waals surface area contributed by atoms with Crippen molar-refractivity contribution in [1.82, 2.24) is 5.32 Å². The fourth-order valence-corrected chi connectivity index (χ4v) is 2.80. The van der Waals surface area contributed by atoms with Gasteiger partial charge in [-0.15, -0.1) is 0 Å². The smallest absolute Gasteiger partial charge is 0.148 e. The van der Waals surface area contributed by atoms with Crippen LogP contribution in [0.25, 0.3) is 0 Å². The van der Waals surface area contributed by atoms with Gasteiger partial charge < -0.3 is 5.32 Å². The van der Waals surface area contributed by atoms with Gasteiger partial charge in [-0.2, -0.15) is 11.8 Å². The third kappa shape index (κ3) is 7.97. The first-order valence-corrected chi connectivity index (χ1v) is 9.27. The standard InChI is InChI=1S/C12H18ClNO2S2/c1-18(15,16)9-7-14-6-8-17-10-11-2-4-12(13)5-3-11/h2-5,14H,6-10H2,1H3. The molecule has 6 heteroatoms. The van der Waals surface area contributed by atoms with Gasteiger partial charge in [-0.25, -0.2) is 8.42 Å². The molecule has 1 rings (SSSR count). The van der Waals surface area contributed by atoms with Crippen LogP contribution in [0.2, 0.25) is 5.02 Å². The molecule has 3 nitrogen and oxygen atoms in total. The van der Waals surface area contributed by atoms with Crippen molar-refractivity contribution >= 4 is 33.2 Å². The second kappa shape index (κ2) is 8.04. The average molecular weight is 308 g/mol. The summed E-state index contributed by atoms with van der Waals surface area (Å²) in [6.07, 6.45) is 1.25. The first-order chi connectivity index (χ1) is 8.47. The van der Waals surface area contributed by atoms with Crippen molar-refractivity contribution in [3.63, 3.8) is 0 Å². The van der Waals surface area contributed by atoms with Crippen LogP contribution in [0, 0.1) is 0 Å². The lowest BCUT2D eigenvalue weighted by atomic mass is 10.2. The third-order valence-electron chi connectivity index (χ3n) is 2.25. The minimum absolute atomic E-state index is 0.203. The Kier molecular flexibility index (Phi) is 7.07. The Labute approximate surface area is 118 Å². The predicted molar refractivity (Wildman–Crippen MR) is 80.2 cm³/mol. The predicted octanol–water partition coefficient (Wildman–Crippen LogP) is 2.21. The Morgan fingerprint density at radius 1 is 1.22 bits per heavy atom. The van der Waals surface area contributed by atoms with E-state index in [0.717, 1.165) is 23.1 Å². The fraction of sp³-hybridized carbons (Fsp3) is 0.500. The Balaban J connectivity index is 2.04. The largest absolute Gasteiger partial charge is 0.315 e. The molecule has 0 aromatic heterocycles. The van der Waals surface area contributed by atoms with Crippen LogP contribution in [0.3, 0.4) is 0 Å². The van der Waals surface area contributed by atoms with Gasteiger partial charge in [0.15, 0.2) is 0 Å². The molecule has 0 aliphatic heterocycles. The van der Waals surface area contributed by atoms with Gasteiger partial charge in [-0.3, -0.25) is 0 Å². The van der Waals surface area contributed by atoms with E-state index in [9.17, 15) is 8.42 Å². The highest BCUT2D eigenvalue weighted by molar-refractivity contribution is 7.98. The molecule has 0 radical (unpaired) electrons. The third-order valence-corrected chi connectivity index (χ3v) is 4.48. The number of rotatable bonds is 8. The average Bonchev–Trinajstić information content (AvgIpc) is 2.29. The second-order valence-electron chi connectivity index (χ2n) is 4.06. The SMILES string of the molecule is CS(=O)(=O)CCNCCSCc1ccc(Cl)cc1. The highest BCUT2D eigenvalue weighted by Gasteiger charge is 2.00. The summed E-state index contributed by atoms with van der Waals surface area (Å²) in [4.78, 5) is 0. The summed E-state index contributed by atoms with van der Waals surface area (Å²) in [5, 5.41) is 3.87. The molecule has 0 bridgehead atoms. The minimum atomic E-state index is -2.85. The van der Waals surface area contributed by atoms with Gasteiger partial charge in [-0.1, -0.05) is 23.7 Å². The molecule has 0 fully saturated rings. The van der Waals surface area contributed by atoms with Crippen LogP contribution < -0.4 is 5.32 Å². The number of thioether (sulfide) groups is 1. The molecule has 0 aliphatic carbocycles. The Hall–Kier alpha value is -0.230. The summed E-state index contributed by atoms with van der Waals surface area (Å²) in [6.45, 7) is 1.36. The molecular formula is C12H18ClNO2S2. The normalized spacial score (nSPS) is 11.7. The summed E-state index contributed by atoms with van der Waals surface area (Å²) >= 11 is 7.62. The molecule has 0 spiro atoms. The molecule has 1 N–H and O–H groups in total. The number of nitrogens with one attached hydrogen (secondary N) is 1. The van der Waals surface area contributed by atoms with Crippen molar-refractivity contribution in [2.75, 3.05) is 30.9 Å². The molecule has 0 heterocycles. The van der Waals surface area contributed by atoms with Crippen LogP contribution >= 0.6 is 23.4 Å². The first-order valence-electron chi connectivity index (χ1n) is 5.68. The zero-order valence-corrected chi connectivity index (χ0v) is 12.7. The van der Waals surface area contributed by atoms with Crippen molar-refractivity contribution in [2.24, 2.45) is 0 Å². The van der Waals surface area contributed by atoms with Gasteiger partial charge in [0.05, 0.1) is 5.75 Å². The van der Waals surface area contributed by atoms with Crippen LogP contribution in [-0.2, 0) is 15.6 Å². The Morgan fingerprint density at radius 3 is 2.50 bits per heavy atom. The van der Waals surface area contributed by atoms with Crippen molar-refractivity contribution in [2.45, 2.75) is 5.75 Å². The molecule has 1 aromatic rings. The minimum Gasteiger partial charge on any atom is -0.315 e. The van der Waals surface area contributed by atoms with E-state index in [2.05, 4.69) is 5.32 Å². The maximum absolute atomic E-state index is 10.9. The van der Waals surface area contributed by atoms with Crippen LogP contribution in [0.1, 0.15) is 5.56 Å². The van der Waals surface area contributed by atoms with E-state index in [1.165, 1.54) is 11.8 Å². The van der Waals surface area contributed by atoms with Gasteiger partial charge in [0, 0.05) is 35.9 Å². The summed E-state index contributed by atoms with van der Waals surface area (Å²) < 4.78 is 21.8. The lowest BCUT2D eigenvalue weighted by Gasteiger charge is -2.04. The Bertz CT molecular complexity index is 446. The number of sulfone groups is 1. The van der Waals surface area contributed by atoms with Gasteiger partial charge in [0.25, 0.3) is 0 Å². The molecule has 102 valence electrons. The molecule has 18 heavy (non-hydrogen) atoms. The van der Waals surface area contributed by atoms with Crippen LogP contribution in [0.5, 0.6) is 0 Å². The van der Waals surface area contributed by atoms with E-state index >= 15 is 0 Å². The van der Waals surface area contributed by atoms with E-state index in [0.29, 0.717) is 6.54 Å². The molecule has 0 saturated heterocycles. The van der Waals surface area contributed by atoms with E-state index in [1.807, 2.05) is 36.0 Å². The zero-order chi connectivity index (χ0) is 13.4. The molecular weight excluding hydrogens is 290 g/mol. The van der Waals surface area contributed by atoms with Gasteiger partial charge in [0.1, 0.15) is 9.84 Å². The van der Waals surface area contributed by atoms with Crippen LogP contribution in [0.4, 0.5) is 0 Å². The summed E-state index contributed by atoms with van der Waals surface area (Å²) in [7, 11) is -2.85. The van der Waals surface area contributed by atoms with E-state index in [1.54, 1.807) is 0 Å². The van der Waals surface area contributed by atoms with Crippen LogP contribution in [0.15, 0.2) is 24.3 Å². The van der Waals surface area contributed by atoms with Crippen LogP contribution in [-0.4, -0.2) is 39.3 Å². The maximum Gasteiger partial charge on any atom is 0.148 e. The molecule has 0 unspecified atom stereocenters. The molecule has 0 atom stereocenters. The first kappa shape index (κ1) is 15.8. The molecule has 1 aromatic carbocycles. The molecule has 0 saturated carbocycles. The van der Waals surface area contributed by atoms with E-state index < -0.39 is 9.84 Å². The topological polar surface area (TPSA) is 46.2 Å². The number of hydrogen-bond donors (Lipinski definition) is 1. The lowest BCUT2D eigenvalue weighted by molar-refractivity contribution is 0.598.